The molecular weight excluding hydrogens is 925 g/mol. The van der Waals surface area contributed by atoms with Crippen molar-refractivity contribution in [3.05, 3.63) is 0 Å². The number of rotatable bonds is 62. The third-order valence-corrected chi connectivity index (χ3v) is 15.9. The minimum absolute atomic E-state index is 0.0620. The Morgan fingerprint density at radius 3 is 0.573 bits per heavy atom. The summed E-state index contributed by atoms with van der Waals surface area (Å²) in [6.07, 6.45) is 66.8. The van der Waals surface area contributed by atoms with E-state index >= 15 is 0 Å². The van der Waals surface area contributed by atoms with E-state index in [0.29, 0.717) is 19.3 Å². The van der Waals surface area contributed by atoms with E-state index in [4.69, 9.17) is 14.2 Å². The van der Waals surface area contributed by atoms with Crippen LogP contribution in [0, 0.1) is 17.8 Å². The number of hydrogen-bond acceptors (Lipinski definition) is 6. The highest BCUT2D eigenvalue weighted by atomic mass is 16.6. The van der Waals surface area contributed by atoms with Crippen molar-refractivity contribution in [2.24, 2.45) is 17.8 Å². The predicted octanol–water partition coefficient (Wildman–Crippen LogP) is 23.0. The standard InChI is InChI=1S/C69H134O6/c1-63(2)55-49-43-37-31-25-19-13-9-7-8-10-16-22-28-34-40-46-52-58-67(70)73-61-66(75-69(72)60-54-48-42-36-30-24-18-12-15-21-27-33-39-45-51-57-65(5)6)62-74-68(71)59-53-47-41-35-29-23-17-11-14-20-26-32-38-44-50-56-64(3)4/h63-66H,7-62H2,1-6H3/t66-/m1/s1. The normalized spacial score (nSPS) is 12.1. The maximum atomic E-state index is 12.9. The average Bonchev–Trinajstić information content (AvgIpc) is 3.38. The van der Waals surface area contributed by atoms with E-state index in [-0.39, 0.29) is 31.1 Å². The van der Waals surface area contributed by atoms with Gasteiger partial charge in [-0.25, -0.2) is 0 Å². The van der Waals surface area contributed by atoms with Crippen LogP contribution in [0.25, 0.3) is 0 Å². The molecule has 0 aliphatic heterocycles. The number of esters is 3. The lowest BCUT2D eigenvalue weighted by molar-refractivity contribution is -0.167. The summed E-state index contributed by atoms with van der Waals surface area (Å²) in [6.45, 7) is 13.8. The second-order valence-electron chi connectivity index (χ2n) is 25.2. The summed E-state index contributed by atoms with van der Waals surface area (Å²) in [4.78, 5) is 38.4. The van der Waals surface area contributed by atoms with E-state index in [9.17, 15) is 14.4 Å². The van der Waals surface area contributed by atoms with Crippen LogP contribution in [0.5, 0.6) is 0 Å². The predicted molar refractivity (Wildman–Crippen MR) is 326 cm³/mol. The molecule has 0 aromatic carbocycles. The molecule has 446 valence electrons. The lowest BCUT2D eigenvalue weighted by Crippen LogP contribution is -2.30. The molecule has 6 heteroatoms. The molecule has 0 radical (unpaired) electrons. The van der Waals surface area contributed by atoms with E-state index < -0.39 is 6.10 Å². The fourth-order valence-corrected chi connectivity index (χ4v) is 10.8. The first kappa shape index (κ1) is 73.4. The second kappa shape index (κ2) is 60.1. The third-order valence-electron chi connectivity index (χ3n) is 15.9. The van der Waals surface area contributed by atoms with Gasteiger partial charge in [-0.1, -0.05) is 350 Å². The Bertz CT molecular complexity index is 1160. The summed E-state index contributed by atoms with van der Waals surface area (Å²) in [7, 11) is 0. The van der Waals surface area contributed by atoms with Gasteiger partial charge in [-0.05, 0) is 37.0 Å². The van der Waals surface area contributed by atoms with Crippen LogP contribution in [-0.4, -0.2) is 37.2 Å². The summed E-state index contributed by atoms with van der Waals surface area (Å²) in [6, 6.07) is 0. The minimum atomic E-state index is -0.765. The van der Waals surface area contributed by atoms with Gasteiger partial charge in [0.15, 0.2) is 6.10 Å². The number of carbonyl (C=O) groups excluding carboxylic acids is 3. The van der Waals surface area contributed by atoms with Gasteiger partial charge in [0.05, 0.1) is 0 Å². The van der Waals surface area contributed by atoms with Crippen LogP contribution < -0.4 is 0 Å². The number of unbranched alkanes of at least 4 members (excludes halogenated alkanes) is 45. The molecular formula is C69H134O6. The highest BCUT2D eigenvalue weighted by Crippen LogP contribution is 2.20. The van der Waals surface area contributed by atoms with Crippen molar-refractivity contribution in [2.75, 3.05) is 13.2 Å². The summed E-state index contributed by atoms with van der Waals surface area (Å²) in [5, 5.41) is 0. The molecule has 0 saturated heterocycles. The zero-order valence-electron chi connectivity index (χ0n) is 51.9. The Morgan fingerprint density at radius 2 is 0.387 bits per heavy atom. The molecule has 0 N–H and O–H groups in total. The lowest BCUT2D eigenvalue weighted by Gasteiger charge is -2.18. The Morgan fingerprint density at radius 1 is 0.227 bits per heavy atom. The van der Waals surface area contributed by atoms with Gasteiger partial charge in [0.2, 0.25) is 0 Å². The lowest BCUT2D eigenvalue weighted by atomic mass is 10.0. The van der Waals surface area contributed by atoms with Gasteiger partial charge < -0.3 is 14.2 Å². The van der Waals surface area contributed by atoms with Crippen LogP contribution in [0.1, 0.15) is 388 Å². The molecule has 0 rings (SSSR count). The number of carbonyl (C=O) groups is 3. The van der Waals surface area contributed by atoms with Crippen molar-refractivity contribution in [1.29, 1.82) is 0 Å². The van der Waals surface area contributed by atoms with Gasteiger partial charge in [0, 0.05) is 19.3 Å². The van der Waals surface area contributed by atoms with Crippen molar-refractivity contribution in [1.82, 2.24) is 0 Å². The third kappa shape index (κ3) is 63.1. The van der Waals surface area contributed by atoms with E-state index in [1.54, 1.807) is 0 Å². The first-order valence-electron chi connectivity index (χ1n) is 34.1. The van der Waals surface area contributed by atoms with Crippen LogP contribution in [0.2, 0.25) is 0 Å². The van der Waals surface area contributed by atoms with Gasteiger partial charge in [-0.2, -0.15) is 0 Å². The molecule has 1 atom stereocenters. The quantitative estimate of drug-likeness (QED) is 0.0343. The maximum Gasteiger partial charge on any atom is 0.306 e. The maximum absolute atomic E-state index is 12.9. The van der Waals surface area contributed by atoms with Gasteiger partial charge >= 0.3 is 17.9 Å². The summed E-state index contributed by atoms with van der Waals surface area (Å²) in [5.41, 5.74) is 0. The molecule has 0 aliphatic carbocycles. The molecule has 0 aromatic rings. The van der Waals surface area contributed by atoms with Gasteiger partial charge in [0.1, 0.15) is 13.2 Å². The van der Waals surface area contributed by atoms with Gasteiger partial charge in [-0.3, -0.25) is 14.4 Å². The van der Waals surface area contributed by atoms with Gasteiger partial charge in [-0.15, -0.1) is 0 Å². The largest absolute Gasteiger partial charge is 0.462 e. The molecule has 0 heterocycles. The fourth-order valence-electron chi connectivity index (χ4n) is 10.8. The van der Waals surface area contributed by atoms with E-state index in [2.05, 4.69) is 41.5 Å². The van der Waals surface area contributed by atoms with Crippen molar-refractivity contribution in [2.45, 2.75) is 394 Å². The monoisotopic (exact) mass is 1060 g/mol. The molecule has 0 aromatic heterocycles. The smallest absolute Gasteiger partial charge is 0.306 e. The molecule has 0 unspecified atom stereocenters. The Hall–Kier alpha value is -1.59. The number of ether oxygens (including phenoxy) is 3. The SMILES string of the molecule is CC(C)CCCCCCCCCCCCCCCCCCCCC(=O)OC[C@H](COC(=O)CCCCCCCCCCCCCCCCCC(C)C)OC(=O)CCCCCCCCCCCCCCCCCC(C)C. The van der Waals surface area contributed by atoms with Crippen LogP contribution in [0.15, 0.2) is 0 Å². The zero-order chi connectivity index (χ0) is 54.8. The minimum Gasteiger partial charge on any atom is -0.462 e. The van der Waals surface area contributed by atoms with Crippen molar-refractivity contribution in [3.8, 4) is 0 Å². The van der Waals surface area contributed by atoms with Crippen molar-refractivity contribution in [3.63, 3.8) is 0 Å². The first-order chi connectivity index (χ1) is 36.6. The summed E-state index contributed by atoms with van der Waals surface area (Å²) >= 11 is 0. The first-order valence-corrected chi connectivity index (χ1v) is 34.1. The van der Waals surface area contributed by atoms with Crippen LogP contribution in [0.4, 0.5) is 0 Å². The molecule has 0 saturated carbocycles. The van der Waals surface area contributed by atoms with Crippen LogP contribution in [0.3, 0.4) is 0 Å². The number of hydrogen-bond donors (Lipinski definition) is 0. The Kier molecular flexibility index (Phi) is 58.8. The molecule has 0 spiro atoms. The van der Waals surface area contributed by atoms with Crippen LogP contribution in [-0.2, 0) is 28.6 Å². The topological polar surface area (TPSA) is 78.9 Å². The molecule has 0 fully saturated rings. The van der Waals surface area contributed by atoms with E-state index in [1.165, 1.54) is 270 Å². The molecule has 0 aliphatic rings. The van der Waals surface area contributed by atoms with Crippen molar-refractivity contribution >= 4 is 17.9 Å². The fraction of sp³-hybridized carbons (Fsp3) is 0.957. The van der Waals surface area contributed by atoms with Crippen molar-refractivity contribution < 1.29 is 28.6 Å². The Labute approximate surface area is 469 Å². The zero-order valence-corrected chi connectivity index (χ0v) is 51.9. The highest BCUT2D eigenvalue weighted by Gasteiger charge is 2.20. The van der Waals surface area contributed by atoms with E-state index in [1.807, 2.05) is 0 Å². The average molecular weight is 1060 g/mol. The molecule has 0 amide bonds. The highest BCUT2D eigenvalue weighted by molar-refractivity contribution is 5.71. The molecule has 6 nitrogen and oxygen atoms in total. The van der Waals surface area contributed by atoms with E-state index in [0.717, 1.165) is 75.5 Å². The van der Waals surface area contributed by atoms with Gasteiger partial charge in [0.25, 0.3) is 0 Å². The summed E-state index contributed by atoms with van der Waals surface area (Å²) < 4.78 is 17.0. The summed E-state index contributed by atoms with van der Waals surface area (Å²) in [5.74, 6) is 1.73. The molecule has 75 heavy (non-hydrogen) atoms. The van der Waals surface area contributed by atoms with Crippen LogP contribution >= 0.6 is 0 Å². The molecule has 0 bridgehead atoms. The second-order valence-corrected chi connectivity index (χ2v) is 25.2. The Balaban J connectivity index is 4.28.